The van der Waals surface area contributed by atoms with Crippen molar-refractivity contribution in [1.82, 2.24) is 14.9 Å². The Labute approximate surface area is 166 Å². The van der Waals surface area contributed by atoms with Crippen LogP contribution in [0.15, 0.2) is 29.4 Å². The Hall–Kier alpha value is -2.47. The average Bonchev–Trinajstić information content (AvgIpc) is 2.75. The predicted molar refractivity (Wildman–Crippen MR) is 109 cm³/mol. The molecule has 0 radical (unpaired) electrons. The van der Waals surface area contributed by atoms with Crippen LogP contribution in [0.25, 0.3) is 0 Å². The van der Waals surface area contributed by atoms with Crippen LogP contribution >= 0.6 is 0 Å². The summed E-state index contributed by atoms with van der Waals surface area (Å²) in [6, 6.07) is 6.09. The summed E-state index contributed by atoms with van der Waals surface area (Å²) in [6.45, 7) is 6.17. The molecule has 148 valence electrons. The molecule has 0 amide bonds. The smallest absolute Gasteiger partial charge is 0.173 e. The number of hydrogen-bond donors (Lipinski definition) is 0. The summed E-state index contributed by atoms with van der Waals surface area (Å²) < 4.78 is 11.3. The summed E-state index contributed by atoms with van der Waals surface area (Å²) in [5.74, 6) is 2.47. The molecule has 0 saturated heterocycles. The molecule has 2 aliphatic rings. The Bertz CT molecular complexity index is 866. The van der Waals surface area contributed by atoms with Crippen LogP contribution in [-0.4, -0.2) is 47.4 Å². The van der Waals surface area contributed by atoms with E-state index in [9.17, 15) is 0 Å². The van der Waals surface area contributed by atoms with Gasteiger partial charge in [0, 0.05) is 49.9 Å². The van der Waals surface area contributed by atoms with E-state index >= 15 is 0 Å². The molecule has 0 aliphatic carbocycles. The van der Waals surface area contributed by atoms with Crippen molar-refractivity contribution < 1.29 is 9.47 Å². The number of nitrogens with zero attached hydrogens (tertiary/aromatic N) is 4. The fourth-order valence-electron chi connectivity index (χ4n) is 3.92. The second-order valence-electron chi connectivity index (χ2n) is 7.29. The third-order valence-electron chi connectivity index (χ3n) is 5.36. The van der Waals surface area contributed by atoms with E-state index in [1.807, 2.05) is 25.3 Å². The summed E-state index contributed by atoms with van der Waals surface area (Å²) in [5, 5.41) is 0. The lowest BCUT2D eigenvalue weighted by atomic mass is 10.0. The van der Waals surface area contributed by atoms with Gasteiger partial charge in [-0.2, -0.15) is 0 Å². The van der Waals surface area contributed by atoms with E-state index in [1.54, 1.807) is 7.11 Å². The predicted octanol–water partition coefficient (Wildman–Crippen LogP) is 3.42. The van der Waals surface area contributed by atoms with Gasteiger partial charge < -0.3 is 9.47 Å². The van der Waals surface area contributed by atoms with E-state index in [4.69, 9.17) is 14.5 Å². The van der Waals surface area contributed by atoms with Crippen LogP contribution in [0.1, 0.15) is 48.8 Å². The lowest BCUT2D eigenvalue weighted by Crippen LogP contribution is -2.31. The zero-order valence-corrected chi connectivity index (χ0v) is 16.8. The number of methoxy groups -OCH3 is 1. The molecule has 0 spiro atoms. The van der Waals surface area contributed by atoms with Gasteiger partial charge in [-0.1, -0.05) is 12.1 Å². The maximum atomic E-state index is 5.86. The van der Waals surface area contributed by atoms with E-state index in [0.29, 0.717) is 6.61 Å². The van der Waals surface area contributed by atoms with Crippen molar-refractivity contribution in [3.8, 4) is 11.5 Å². The molecule has 6 heteroatoms. The summed E-state index contributed by atoms with van der Waals surface area (Å²) in [7, 11) is 1.68. The first-order valence-electron chi connectivity index (χ1n) is 10.2. The van der Waals surface area contributed by atoms with Gasteiger partial charge in [0.25, 0.3) is 0 Å². The van der Waals surface area contributed by atoms with E-state index in [0.717, 1.165) is 67.6 Å². The molecule has 4 rings (SSSR count). The molecule has 6 nitrogen and oxygen atoms in total. The summed E-state index contributed by atoms with van der Waals surface area (Å²) in [6.07, 6.45) is 6.30. The lowest BCUT2D eigenvalue weighted by molar-refractivity contribution is 0.234. The molecule has 0 saturated carbocycles. The second kappa shape index (κ2) is 8.69. The number of aliphatic imine (C=N–C) groups is 1. The van der Waals surface area contributed by atoms with Gasteiger partial charge in [-0.15, -0.1) is 0 Å². The molecule has 1 aromatic heterocycles. The molecule has 0 bridgehead atoms. The van der Waals surface area contributed by atoms with Crippen molar-refractivity contribution in [2.75, 3.05) is 26.8 Å². The normalized spacial score (nSPS) is 17.0. The average molecular weight is 380 g/mol. The van der Waals surface area contributed by atoms with Crippen molar-refractivity contribution in [1.29, 1.82) is 0 Å². The molecule has 2 aliphatic heterocycles. The Kier molecular flexibility index (Phi) is 5.86. The van der Waals surface area contributed by atoms with Crippen molar-refractivity contribution in [3.63, 3.8) is 0 Å². The number of aromatic nitrogens is 2. The Balaban J connectivity index is 1.50. The van der Waals surface area contributed by atoms with Gasteiger partial charge in [-0.25, -0.2) is 9.97 Å². The summed E-state index contributed by atoms with van der Waals surface area (Å²) in [4.78, 5) is 16.5. The Morgan fingerprint density at radius 2 is 2.11 bits per heavy atom. The van der Waals surface area contributed by atoms with Crippen LogP contribution in [0.2, 0.25) is 0 Å². The molecule has 28 heavy (non-hydrogen) atoms. The summed E-state index contributed by atoms with van der Waals surface area (Å²) in [5.41, 5.74) is 4.62. The minimum atomic E-state index is 0.622. The van der Waals surface area contributed by atoms with Gasteiger partial charge in [0.05, 0.1) is 25.1 Å². The van der Waals surface area contributed by atoms with Crippen molar-refractivity contribution in [2.45, 2.75) is 45.7 Å². The number of rotatable bonds is 6. The van der Waals surface area contributed by atoms with Gasteiger partial charge in [-0.05, 0) is 32.3 Å². The molecule has 1 aromatic carbocycles. The molecule has 0 fully saturated rings. The number of benzene rings is 1. The maximum absolute atomic E-state index is 5.86. The maximum Gasteiger partial charge on any atom is 0.173 e. The Morgan fingerprint density at radius 1 is 1.18 bits per heavy atom. The monoisotopic (exact) mass is 380 g/mol. The van der Waals surface area contributed by atoms with Crippen molar-refractivity contribution >= 4 is 5.71 Å². The third-order valence-corrected chi connectivity index (χ3v) is 5.36. The highest BCUT2D eigenvalue weighted by Crippen LogP contribution is 2.32. The quantitative estimate of drug-likeness (QED) is 0.769. The minimum Gasteiger partial charge on any atom is -0.493 e. The lowest BCUT2D eigenvalue weighted by Gasteiger charge is -2.29. The zero-order chi connectivity index (χ0) is 19.3. The van der Waals surface area contributed by atoms with E-state index < -0.39 is 0 Å². The van der Waals surface area contributed by atoms with Crippen LogP contribution in [0.5, 0.6) is 11.5 Å². The molecular formula is C22H28N4O2. The van der Waals surface area contributed by atoms with Gasteiger partial charge in [0.2, 0.25) is 0 Å². The first-order valence-corrected chi connectivity index (χ1v) is 10.2. The first kappa shape index (κ1) is 18.9. The summed E-state index contributed by atoms with van der Waals surface area (Å²) >= 11 is 0. The van der Waals surface area contributed by atoms with Crippen molar-refractivity contribution in [3.05, 3.63) is 47.0 Å². The van der Waals surface area contributed by atoms with Crippen LogP contribution < -0.4 is 9.47 Å². The first-order chi connectivity index (χ1) is 13.8. The second-order valence-corrected chi connectivity index (χ2v) is 7.29. The Morgan fingerprint density at radius 3 is 2.89 bits per heavy atom. The van der Waals surface area contributed by atoms with Gasteiger partial charge in [0.15, 0.2) is 17.3 Å². The molecule has 0 N–H and O–H groups in total. The standard InChI is InChI=1S/C22H28N4O2/c1-3-28-21-16(7-6-9-20(21)27-2)14-26-12-10-18-17(15-26)13-24-22(25-18)19-8-4-5-11-23-19/h6-7,9,13H,3-5,8,10-12,14-15H2,1-2H3. The third kappa shape index (κ3) is 4.02. The van der Waals surface area contributed by atoms with Gasteiger partial charge >= 0.3 is 0 Å². The SMILES string of the molecule is CCOc1c(CN2CCc3nc(C4=NCCCC4)ncc3C2)cccc1OC. The minimum absolute atomic E-state index is 0.622. The largest absolute Gasteiger partial charge is 0.493 e. The molecular weight excluding hydrogens is 352 g/mol. The van der Waals surface area contributed by atoms with Gasteiger partial charge in [-0.3, -0.25) is 9.89 Å². The fourth-order valence-corrected chi connectivity index (χ4v) is 3.92. The number of fused-ring (bicyclic) bond motifs is 1. The number of ether oxygens (including phenoxy) is 2. The van der Waals surface area contributed by atoms with E-state index in [-0.39, 0.29) is 0 Å². The van der Waals surface area contributed by atoms with Crippen LogP contribution in [-0.2, 0) is 19.5 Å². The highest BCUT2D eigenvalue weighted by molar-refractivity contribution is 5.97. The van der Waals surface area contributed by atoms with E-state index in [1.165, 1.54) is 24.1 Å². The molecule has 2 aromatic rings. The molecule has 0 atom stereocenters. The van der Waals surface area contributed by atoms with Crippen molar-refractivity contribution in [2.24, 2.45) is 4.99 Å². The highest BCUT2D eigenvalue weighted by Gasteiger charge is 2.22. The fraction of sp³-hybridized carbons (Fsp3) is 0.500. The number of para-hydroxylation sites is 1. The van der Waals surface area contributed by atoms with Gasteiger partial charge in [0.1, 0.15) is 0 Å². The van der Waals surface area contributed by atoms with Crippen LogP contribution in [0.4, 0.5) is 0 Å². The molecule has 3 heterocycles. The zero-order valence-electron chi connectivity index (χ0n) is 16.8. The van der Waals surface area contributed by atoms with E-state index in [2.05, 4.69) is 20.9 Å². The topological polar surface area (TPSA) is 59.8 Å². The van der Waals surface area contributed by atoms with Crippen LogP contribution in [0, 0.1) is 0 Å². The highest BCUT2D eigenvalue weighted by atomic mass is 16.5. The molecule has 0 unspecified atom stereocenters. The number of hydrogen-bond acceptors (Lipinski definition) is 6. The van der Waals surface area contributed by atoms with Crippen LogP contribution in [0.3, 0.4) is 0 Å².